The minimum Gasteiger partial charge on any atom is -0.486 e. The number of hydrogen-bond donors (Lipinski definition) is 0. The minimum atomic E-state index is -0.143. The molecule has 1 aliphatic rings. The second-order valence-corrected chi connectivity index (χ2v) is 6.54. The summed E-state index contributed by atoms with van der Waals surface area (Å²) in [6.45, 7) is 5.15. The molecular weight excluding hydrogens is 336 g/mol. The zero-order chi connectivity index (χ0) is 17.2. The van der Waals surface area contributed by atoms with Crippen LogP contribution >= 0.6 is 11.3 Å². The first-order valence-corrected chi connectivity index (χ1v) is 8.76. The Balaban J connectivity index is 1.70. The maximum absolute atomic E-state index is 13.0. The summed E-state index contributed by atoms with van der Waals surface area (Å²) in [5.74, 6) is 1.12. The van der Waals surface area contributed by atoms with Gasteiger partial charge < -0.3 is 9.47 Å². The summed E-state index contributed by atoms with van der Waals surface area (Å²) in [5, 5.41) is 0.654. The van der Waals surface area contributed by atoms with E-state index in [0.29, 0.717) is 42.0 Å². The van der Waals surface area contributed by atoms with E-state index in [2.05, 4.69) is 11.6 Å². The van der Waals surface area contributed by atoms with Crippen molar-refractivity contribution in [2.45, 2.75) is 0 Å². The van der Waals surface area contributed by atoms with E-state index >= 15 is 0 Å². The van der Waals surface area contributed by atoms with E-state index in [0.717, 1.165) is 10.2 Å². The van der Waals surface area contributed by atoms with E-state index in [4.69, 9.17) is 9.47 Å². The number of benzene rings is 2. The third-order valence-corrected chi connectivity index (χ3v) is 4.92. The van der Waals surface area contributed by atoms with Crippen LogP contribution in [0.25, 0.3) is 10.2 Å². The van der Waals surface area contributed by atoms with Crippen LogP contribution < -0.4 is 14.4 Å². The molecular formula is C19H16N2O3S. The molecule has 1 aliphatic heterocycles. The van der Waals surface area contributed by atoms with Gasteiger partial charge in [-0.1, -0.05) is 29.5 Å². The first kappa shape index (κ1) is 15.7. The van der Waals surface area contributed by atoms with E-state index < -0.39 is 0 Å². The van der Waals surface area contributed by atoms with Gasteiger partial charge in [0.05, 0.1) is 10.2 Å². The van der Waals surface area contributed by atoms with E-state index in [1.165, 1.54) is 11.3 Å². The molecule has 0 saturated heterocycles. The van der Waals surface area contributed by atoms with E-state index in [9.17, 15) is 4.79 Å². The fraction of sp³-hybridized carbons (Fsp3) is 0.158. The molecule has 2 aromatic carbocycles. The van der Waals surface area contributed by atoms with Crippen molar-refractivity contribution in [1.29, 1.82) is 0 Å². The monoisotopic (exact) mass is 352 g/mol. The summed E-state index contributed by atoms with van der Waals surface area (Å²) >= 11 is 1.49. The molecule has 4 rings (SSSR count). The largest absolute Gasteiger partial charge is 0.486 e. The normalized spacial score (nSPS) is 12.8. The van der Waals surface area contributed by atoms with Crippen LogP contribution in [0.5, 0.6) is 11.5 Å². The lowest BCUT2D eigenvalue weighted by Crippen LogP contribution is -2.31. The molecule has 0 radical (unpaired) electrons. The van der Waals surface area contributed by atoms with Crippen LogP contribution in [0.1, 0.15) is 10.4 Å². The second-order valence-electron chi connectivity index (χ2n) is 5.53. The maximum atomic E-state index is 13.0. The number of para-hydroxylation sites is 1. The van der Waals surface area contributed by atoms with Gasteiger partial charge in [-0.15, -0.1) is 6.58 Å². The first-order chi connectivity index (χ1) is 12.3. The standard InChI is InChI=1S/C19H16N2O3S/c1-2-9-21(19-20-14-5-3-4-6-17(14)25-19)18(22)13-7-8-15-16(12-13)24-11-10-23-15/h2-8,12H,1,9-11H2. The Labute approximate surface area is 149 Å². The lowest BCUT2D eigenvalue weighted by atomic mass is 10.1. The van der Waals surface area contributed by atoms with Crippen molar-refractivity contribution < 1.29 is 14.3 Å². The number of rotatable bonds is 4. The van der Waals surface area contributed by atoms with Crippen LogP contribution in [0.4, 0.5) is 5.13 Å². The van der Waals surface area contributed by atoms with Crippen molar-refractivity contribution in [3.63, 3.8) is 0 Å². The highest BCUT2D eigenvalue weighted by molar-refractivity contribution is 7.22. The average Bonchev–Trinajstić information content (AvgIpc) is 3.09. The summed E-state index contributed by atoms with van der Waals surface area (Å²) in [6, 6.07) is 13.1. The Hall–Kier alpha value is -2.86. The van der Waals surface area contributed by atoms with E-state index in [1.807, 2.05) is 24.3 Å². The molecule has 1 amide bonds. The number of thiazole rings is 1. The molecule has 126 valence electrons. The lowest BCUT2D eigenvalue weighted by molar-refractivity contribution is 0.0988. The van der Waals surface area contributed by atoms with Gasteiger partial charge in [-0.2, -0.15) is 0 Å². The van der Waals surface area contributed by atoms with Gasteiger partial charge in [-0.05, 0) is 30.3 Å². The van der Waals surface area contributed by atoms with E-state index in [1.54, 1.807) is 29.2 Å². The molecule has 3 aromatic rings. The van der Waals surface area contributed by atoms with Gasteiger partial charge in [0.1, 0.15) is 13.2 Å². The molecule has 6 heteroatoms. The number of fused-ring (bicyclic) bond motifs is 2. The number of aromatic nitrogens is 1. The zero-order valence-electron chi connectivity index (χ0n) is 13.5. The Morgan fingerprint density at radius 3 is 2.80 bits per heavy atom. The molecule has 5 nitrogen and oxygen atoms in total. The van der Waals surface area contributed by atoms with Gasteiger partial charge in [0.25, 0.3) is 5.91 Å². The Morgan fingerprint density at radius 2 is 2.00 bits per heavy atom. The number of hydrogen-bond acceptors (Lipinski definition) is 5. The molecule has 0 unspecified atom stereocenters. The smallest absolute Gasteiger partial charge is 0.260 e. The molecule has 0 spiro atoms. The molecule has 2 heterocycles. The lowest BCUT2D eigenvalue weighted by Gasteiger charge is -2.21. The third-order valence-electron chi connectivity index (χ3n) is 3.86. The number of carbonyl (C=O) groups is 1. The summed E-state index contributed by atoms with van der Waals surface area (Å²) in [5.41, 5.74) is 1.41. The van der Waals surface area contributed by atoms with Crippen molar-refractivity contribution >= 4 is 32.6 Å². The average molecular weight is 352 g/mol. The van der Waals surface area contributed by atoms with E-state index in [-0.39, 0.29) is 5.91 Å². The van der Waals surface area contributed by atoms with Crippen LogP contribution in [-0.2, 0) is 0 Å². The quantitative estimate of drug-likeness (QED) is 0.668. The maximum Gasteiger partial charge on any atom is 0.260 e. The van der Waals surface area contributed by atoms with Gasteiger partial charge in [0.2, 0.25) is 0 Å². The summed E-state index contributed by atoms with van der Waals surface area (Å²) in [4.78, 5) is 19.3. The van der Waals surface area contributed by atoms with Gasteiger partial charge in [0.15, 0.2) is 16.6 Å². The van der Waals surface area contributed by atoms with Gasteiger partial charge in [-0.3, -0.25) is 9.69 Å². The summed E-state index contributed by atoms with van der Waals surface area (Å²) < 4.78 is 12.1. The highest BCUT2D eigenvalue weighted by Crippen LogP contribution is 2.33. The molecule has 0 saturated carbocycles. The number of amides is 1. The first-order valence-electron chi connectivity index (χ1n) is 7.94. The van der Waals surface area contributed by atoms with Gasteiger partial charge >= 0.3 is 0 Å². The number of anilines is 1. The fourth-order valence-corrected chi connectivity index (χ4v) is 3.66. The topological polar surface area (TPSA) is 51.7 Å². The predicted molar refractivity (Wildman–Crippen MR) is 98.9 cm³/mol. The highest BCUT2D eigenvalue weighted by Gasteiger charge is 2.22. The number of carbonyl (C=O) groups excluding carboxylic acids is 1. The minimum absolute atomic E-state index is 0.143. The third kappa shape index (κ3) is 2.96. The van der Waals surface area contributed by atoms with Crippen LogP contribution in [0.15, 0.2) is 55.1 Å². The highest BCUT2D eigenvalue weighted by atomic mass is 32.1. The molecule has 0 atom stereocenters. The Bertz CT molecular complexity index is 918. The molecule has 0 N–H and O–H groups in total. The van der Waals surface area contributed by atoms with Crippen LogP contribution in [0, 0.1) is 0 Å². The summed E-state index contributed by atoms with van der Waals surface area (Å²) in [7, 11) is 0. The Kier molecular flexibility index (Phi) is 4.11. The molecule has 0 bridgehead atoms. The van der Waals surface area contributed by atoms with Gasteiger partial charge in [-0.25, -0.2) is 4.98 Å². The fourth-order valence-electron chi connectivity index (χ4n) is 2.68. The predicted octanol–water partition coefficient (Wildman–Crippen LogP) is 3.90. The second kappa shape index (κ2) is 6.57. The molecule has 0 aliphatic carbocycles. The Morgan fingerprint density at radius 1 is 1.20 bits per heavy atom. The van der Waals surface area contributed by atoms with Crippen molar-refractivity contribution in [2.75, 3.05) is 24.7 Å². The van der Waals surface area contributed by atoms with Crippen LogP contribution in [0.2, 0.25) is 0 Å². The number of ether oxygens (including phenoxy) is 2. The molecule has 0 fully saturated rings. The number of nitrogens with zero attached hydrogens (tertiary/aromatic N) is 2. The van der Waals surface area contributed by atoms with Crippen molar-refractivity contribution in [3.8, 4) is 11.5 Å². The van der Waals surface area contributed by atoms with Crippen LogP contribution in [0.3, 0.4) is 0 Å². The molecule has 25 heavy (non-hydrogen) atoms. The van der Waals surface area contributed by atoms with Crippen molar-refractivity contribution in [2.24, 2.45) is 0 Å². The SMILES string of the molecule is C=CCN(C(=O)c1ccc2c(c1)OCCO2)c1nc2ccccc2s1. The zero-order valence-corrected chi connectivity index (χ0v) is 14.3. The van der Waals surface area contributed by atoms with Crippen LogP contribution in [-0.4, -0.2) is 30.6 Å². The molecule has 1 aromatic heterocycles. The summed E-state index contributed by atoms with van der Waals surface area (Å²) in [6.07, 6.45) is 1.70. The van der Waals surface area contributed by atoms with Crippen molar-refractivity contribution in [3.05, 3.63) is 60.7 Å². The van der Waals surface area contributed by atoms with Gasteiger partial charge in [0, 0.05) is 12.1 Å². The van der Waals surface area contributed by atoms with Crippen molar-refractivity contribution in [1.82, 2.24) is 4.98 Å².